The fraction of sp³-hybridized carbons (Fsp3) is 0. The lowest BCUT2D eigenvalue weighted by molar-refractivity contribution is 0.673. The smallest absolute Gasteiger partial charge is 0.144 e. The molecule has 0 saturated heterocycles. The van der Waals surface area contributed by atoms with E-state index in [0.29, 0.717) is 5.56 Å². The number of hydrogen-bond donors (Lipinski definition) is 0. The van der Waals surface area contributed by atoms with Crippen LogP contribution in [0.25, 0.3) is 98.3 Å². The quantitative estimate of drug-likeness (QED) is 0.147. The van der Waals surface area contributed by atoms with Gasteiger partial charge in [-0.25, -0.2) is 4.98 Å². The molecule has 8 aromatic carbocycles. The van der Waals surface area contributed by atoms with Crippen LogP contribution >= 0.6 is 0 Å². The summed E-state index contributed by atoms with van der Waals surface area (Å²) >= 11 is 0. The minimum absolute atomic E-state index is 0.679. The van der Waals surface area contributed by atoms with Crippen molar-refractivity contribution in [1.29, 1.82) is 5.26 Å². The van der Waals surface area contributed by atoms with Crippen LogP contribution in [-0.4, -0.2) is 4.98 Å². The van der Waals surface area contributed by atoms with E-state index in [2.05, 4.69) is 121 Å². The molecule has 0 spiro atoms. The second kappa shape index (κ2) is 9.75. The topological polar surface area (TPSA) is 49.8 Å². The maximum absolute atomic E-state index is 9.91. The average molecular weight is 597 g/mol. The van der Waals surface area contributed by atoms with E-state index < -0.39 is 0 Å². The molecule has 10 rings (SSSR count). The highest BCUT2D eigenvalue weighted by Crippen LogP contribution is 2.48. The molecule has 216 valence electrons. The first-order valence-corrected chi connectivity index (χ1v) is 15.8. The summed E-state index contributed by atoms with van der Waals surface area (Å²) in [6, 6.07) is 53.0. The largest absolute Gasteiger partial charge is 0.455 e. The first kappa shape index (κ1) is 25.8. The van der Waals surface area contributed by atoms with Crippen molar-refractivity contribution in [1.82, 2.24) is 4.98 Å². The first-order valence-electron chi connectivity index (χ1n) is 15.8. The third-order valence-corrected chi connectivity index (χ3v) is 9.69. The first-order chi connectivity index (χ1) is 23.3. The number of pyridine rings is 1. The molecule has 2 aromatic heterocycles. The Bertz CT molecular complexity index is 2920. The molecule has 0 fully saturated rings. The Labute approximate surface area is 269 Å². The predicted molar refractivity (Wildman–Crippen MR) is 195 cm³/mol. The van der Waals surface area contributed by atoms with Gasteiger partial charge in [0.05, 0.1) is 22.8 Å². The van der Waals surface area contributed by atoms with Gasteiger partial charge in [-0.15, -0.1) is 0 Å². The molecule has 0 amide bonds. The molecule has 0 aliphatic carbocycles. The lowest BCUT2D eigenvalue weighted by atomic mass is 9.84. The van der Waals surface area contributed by atoms with Crippen LogP contribution in [0, 0.1) is 11.3 Å². The number of furan rings is 1. The van der Waals surface area contributed by atoms with Gasteiger partial charge in [-0.2, -0.15) is 5.26 Å². The standard InChI is InChI=1S/C44H24N2O/c45-25-26-21-22-34(28-12-2-1-11-27(26)28)40-30-14-3-5-16-32(30)41(33-17-6-4-15-31(33)40)43-37-24-23-35-29-13-8-10-20-39(29)47-44(35)42(37)36-18-7-9-19-38(36)46-43/h1-24H. The van der Waals surface area contributed by atoms with Gasteiger partial charge in [0.1, 0.15) is 11.2 Å². The Morgan fingerprint density at radius 1 is 0.447 bits per heavy atom. The summed E-state index contributed by atoms with van der Waals surface area (Å²) in [4.78, 5) is 5.43. The molecule has 0 aliphatic heterocycles. The summed E-state index contributed by atoms with van der Waals surface area (Å²) in [6.07, 6.45) is 0. The van der Waals surface area contributed by atoms with Crippen molar-refractivity contribution in [2.45, 2.75) is 0 Å². The number of para-hydroxylation sites is 2. The fourth-order valence-corrected chi connectivity index (χ4v) is 7.70. The highest BCUT2D eigenvalue weighted by Gasteiger charge is 2.23. The van der Waals surface area contributed by atoms with E-state index in [1.807, 2.05) is 30.3 Å². The number of nitrogens with zero attached hydrogens (tertiary/aromatic N) is 2. The van der Waals surface area contributed by atoms with Gasteiger partial charge < -0.3 is 4.42 Å². The zero-order valence-corrected chi connectivity index (χ0v) is 25.2. The Morgan fingerprint density at radius 2 is 1.00 bits per heavy atom. The number of rotatable bonds is 2. The van der Waals surface area contributed by atoms with Crippen LogP contribution in [-0.2, 0) is 0 Å². The molecule has 0 aliphatic rings. The Hall–Kier alpha value is -6.50. The SMILES string of the molecule is N#Cc1ccc(-c2c3ccccc3c(-c3nc4ccccc4c4c3ccc3c5ccccc5oc34)c3ccccc23)c2ccccc12. The highest BCUT2D eigenvalue weighted by molar-refractivity contribution is 6.29. The molecule has 47 heavy (non-hydrogen) atoms. The molecule has 0 N–H and O–H groups in total. The summed E-state index contributed by atoms with van der Waals surface area (Å²) in [5.41, 5.74) is 7.68. The maximum Gasteiger partial charge on any atom is 0.144 e. The molecule has 0 bridgehead atoms. The molecule has 0 unspecified atom stereocenters. The predicted octanol–water partition coefficient (Wildman–Crippen LogP) is 12.0. The van der Waals surface area contributed by atoms with Gasteiger partial charge >= 0.3 is 0 Å². The minimum Gasteiger partial charge on any atom is -0.455 e. The summed E-state index contributed by atoms with van der Waals surface area (Å²) in [5.74, 6) is 0. The fourth-order valence-electron chi connectivity index (χ4n) is 7.70. The van der Waals surface area contributed by atoms with E-state index in [9.17, 15) is 5.26 Å². The Kier molecular flexibility index (Phi) is 5.35. The van der Waals surface area contributed by atoms with Gasteiger partial charge in [0.25, 0.3) is 0 Å². The molecule has 2 heterocycles. The molecule has 10 aromatic rings. The molecule has 3 nitrogen and oxygen atoms in total. The van der Waals surface area contributed by atoms with Gasteiger partial charge in [-0.1, -0.05) is 121 Å². The molecule has 0 radical (unpaired) electrons. The van der Waals surface area contributed by atoms with Crippen molar-refractivity contribution >= 4 is 75.9 Å². The summed E-state index contributed by atoms with van der Waals surface area (Å²) < 4.78 is 6.63. The Balaban J connectivity index is 1.40. The van der Waals surface area contributed by atoms with E-state index in [1.54, 1.807) is 0 Å². The van der Waals surface area contributed by atoms with E-state index in [-0.39, 0.29) is 0 Å². The number of hydrogen-bond acceptors (Lipinski definition) is 3. The highest BCUT2D eigenvalue weighted by atomic mass is 16.3. The van der Waals surface area contributed by atoms with Gasteiger partial charge in [0.2, 0.25) is 0 Å². The van der Waals surface area contributed by atoms with Crippen molar-refractivity contribution in [2.24, 2.45) is 0 Å². The lowest BCUT2D eigenvalue weighted by Gasteiger charge is -2.20. The summed E-state index contributed by atoms with van der Waals surface area (Å²) in [5, 5.41) is 21.9. The van der Waals surface area contributed by atoms with Crippen LogP contribution in [0.3, 0.4) is 0 Å². The van der Waals surface area contributed by atoms with Crippen molar-refractivity contribution in [3.05, 3.63) is 151 Å². The van der Waals surface area contributed by atoms with Crippen molar-refractivity contribution in [2.75, 3.05) is 0 Å². The maximum atomic E-state index is 9.91. The second-order valence-corrected chi connectivity index (χ2v) is 12.1. The Morgan fingerprint density at radius 3 is 1.70 bits per heavy atom. The van der Waals surface area contributed by atoms with E-state index in [4.69, 9.17) is 9.40 Å². The van der Waals surface area contributed by atoms with Crippen molar-refractivity contribution in [3.63, 3.8) is 0 Å². The van der Waals surface area contributed by atoms with Crippen LogP contribution in [0.15, 0.2) is 150 Å². The summed E-state index contributed by atoms with van der Waals surface area (Å²) in [7, 11) is 0. The minimum atomic E-state index is 0.679. The monoisotopic (exact) mass is 596 g/mol. The van der Waals surface area contributed by atoms with E-state index >= 15 is 0 Å². The molecule has 3 heteroatoms. The third kappa shape index (κ3) is 3.58. The number of benzene rings is 8. The van der Waals surface area contributed by atoms with Crippen molar-refractivity contribution < 1.29 is 4.42 Å². The second-order valence-electron chi connectivity index (χ2n) is 12.1. The average Bonchev–Trinajstić information content (AvgIpc) is 3.52. The van der Waals surface area contributed by atoms with Crippen LogP contribution in [0.2, 0.25) is 0 Å². The summed E-state index contributed by atoms with van der Waals surface area (Å²) in [6.45, 7) is 0. The zero-order valence-electron chi connectivity index (χ0n) is 25.2. The number of aromatic nitrogens is 1. The lowest BCUT2D eigenvalue weighted by Crippen LogP contribution is -1.95. The van der Waals surface area contributed by atoms with Gasteiger partial charge in [-0.3, -0.25) is 0 Å². The zero-order chi connectivity index (χ0) is 31.1. The van der Waals surface area contributed by atoms with Crippen LogP contribution < -0.4 is 0 Å². The molecular weight excluding hydrogens is 572 g/mol. The molecule has 0 atom stereocenters. The van der Waals surface area contributed by atoms with E-state index in [0.717, 1.165) is 98.3 Å². The molecular formula is C44H24N2O. The molecule has 0 saturated carbocycles. The van der Waals surface area contributed by atoms with Gasteiger partial charge in [0, 0.05) is 37.9 Å². The van der Waals surface area contributed by atoms with Crippen LogP contribution in [0.5, 0.6) is 0 Å². The van der Waals surface area contributed by atoms with Crippen LogP contribution in [0.1, 0.15) is 5.56 Å². The van der Waals surface area contributed by atoms with Gasteiger partial charge in [0.15, 0.2) is 0 Å². The number of nitriles is 1. The third-order valence-electron chi connectivity index (χ3n) is 9.69. The van der Waals surface area contributed by atoms with Crippen LogP contribution in [0.4, 0.5) is 0 Å². The van der Waals surface area contributed by atoms with E-state index in [1.165, 1.54) is 0 Å². The normalized spacial score (nSPS) is 11.8. The number of fused-ring (bicyclic) bond motifs is 10. The van der Waals surface area contributed by atoms with Gasteiger partial charge in [-0.05, 0) is 62.3 Å². The van der Waals surface area contributed by atoms with Crippen molar-refractivity contribution in [3.8, 4) is 28.5 Å².